The average Bonchev–Trinajstić information content (AvgIpc) is 3.19. The summed E-state index contributed by atoms with van der Waals surface area (Å²) in [6, 6.07) is 5.90. The predicted octanol–water partition coefficient (Wildman–Crippen LogP) is 2.55. The molecular formula is C17H17FN4O2. The normalized spacial score (nSPS) is 18.2. The molecule has 1 aromatic carbocycles. The van der Waals surface area contributed by atoms with Crippen LogP contribution in [0, 0.1) is 12.7 Å². The van der Waals surface area contributed by atoms with Gasteiger partial charge in [0.1, 0.15) is 11.5 Å². The first-order valence-electron chi connectivity index (χ1n) is 7.80. The maximum Gasteiger partial charge on any atom is 0.271 e. The number of carbonyl (C=O) groups excluding carboxylic acids is 1. The number of nitrogens with one attached hydrogen (secondary N) is 2. The number of benzene rings is 1. The van der Waals surface area contributed by atoms with Crippen LogP contribution in [0.2, 0.25) is 0 Å². The van der Waals surface area contributed by atoms with Gasteiger partial charge in [-0.25, -0.2) is 4.39 Å². The van der Waals surface area contributed by atoms with E-state index in [1.54, 1.807) is 23.2 Å². The summed E-state index contributed by atoms with van der Waals surface area (Å²) in [5, 5.41) is 7.68. The van der Waals surface area contributed by atoms with Crippen molar-refractivity contribution in [2.75, 3.05) is 19.8 Å². The topological polar surface area (TPSA) is 74.0 Å². The molecule has 124 valence electrons. The van der Waals surface area contributed by atoms with Crippen LogP contribution in [0.3, 0.4) is 0 Å². The Bertz CT molecular complexity index is 901. The average molecular weight is 328 g/mol. The van der Waals surface area contributed by atoms with Crippen molar-refractivity contribution in [1.29, 1.82) is 0 Å². The smallest absolute Gasteiger partial charge is 0.271 e. The largest absolute Gasteiger partial charge is 0.377 e. The molecule has 0 radical (unpaired) electrons. The molecule has 3 heterocycles. The molecule has 1 aliphatic rings. The molecule has 3 aromatic rings. The number of nitrogens with zero attached hydrogens (tertiary/aromatic N) is 2. The van der Waals surface area contributed by atoms with E-state index in [9.17, 15) is 9.18 Å². The van der Waals surface area contributed by atoms with E-state index < -0.39 is 0 Å². The monoisotopic (exact) mass is 328 g/mol. The number of aryl methyl sites for hydroxylation is 1. The summed E-state index contributed by atoms with van der Waals surface area (Å²) in [4.78, 5) is 17.8. The SMILES string of the molecule is Cc1cn[nH]c1[C@@H]1COCCN1C(=O)c1cc2cc(F)ccc2[nH]1. The van der Waals surface area contributed by atoms with Gasteiger partial charge in [0, 0.05) is 17.4 Å². The summed E-state index contributed by atoms with van der Waals surface area (Å²) < 4.78 is 18.9. The molecule has 0 unspecified atom stereocenters. The van der Waals surface area contributed by atoms with Crippen molar-refractivity contribution >= 4 is 16.8 Å². The number of hydrogen-bond acceptors (Lipinski definition) is 3. The molecule has 2 aromatic heterocycles. The van der Waals surface area contributed by atoms with Crippen LogP contribution in [0.15, 0.2) is 30.5 Å². The molecule has 4 rings (SSSR count). The van der Waals surface area contributed by atoms with Crippen LogP contribution in [0.1, 0.15) is 27.8 Å². The molecule has 1 atom stereocenters. The van der Waals surface area contributed by atoms with E-state index >= 15 is 0 Å². The summed E-state index contributed by atoms with van der Waals surface area (Å²) in [6.45, 7) is 3.35. The molecule has 0 spiro atoms. The number of halogens is 1. The molecule has 0 aliphatic carbocycles. The minimum Gasteiger partial charge on any atom is -0.377 e. The highest BCUT2D eigenvalue weighted by atomic mass is 19.1. The fraction of sp³-hybridized carbons (Fsp3) is 0.294. The van der Waals surface area contributed by atoms with Crippen LogP contribution in [-0.4, -0.2) is 45.7 Å². The minimum absolute atomic E-state index is 0.131. The Labute approximate surface area is 137 Å². The van der Waals surface area contributed by atoms with E-state index in [1.807, 2.05) is 6.92 Å². The zero-order valence-corrected chi connectivity index (χ0v) is 13.2. The Morgan fingerprint density at radius 1 is 1.42 bits per heavy atom. The van der Waals surface area contributed by atoms with Crippen LogP contribution >= 0.6 is 0 Å². The number of rotatable bonds is 2. The van der Waals surface area contributed by atoms with Gasteiger partial charge in [-0.05, 0) is 36.8 Å². The molecule has 1 saturated heterocycles. The lowest BCUT2D eigenvalue weighted by Crippen LogP contribution is -2.44. The van der Waals surface area contributed by atoms with Crippen LogP contribution in [0.5, 0.6) is 0 Å². The van der Waals surface area contributed by atoms with Crippen LogP contribution < -0.4 is 0 Å². The van der Waals surface area contributed by atoms with Gasteiger partial charge in [0.25, 0.3) is 5.91 Å². The summed E-state index contributed by atoms with van der Waals surface area (Å²) in [5.74, 6) is -0.452. The molecule has 0 saturated carbocycles. The molecule has 0 bridgehead atoms. The Morgan fingerprint density at radius 3 is 3.08 bits per heavy atom. The lowest BCUT2D eigenvalue weighted by atomic mass is 10.1. The number of ether oxygens (including phenoxy) is 1. The highest BCUT2D eigenvalue weighted by Gasteiger charge is 2.32. The van der Waals surface area contributed by atoms with Gasteiger partial charge in [-0.1, -0.05) is 0 Å². The number of amides is 1. The zero-order valence-electron chi connectivity index (χ0n) is 13.2. The van der Waals surface area contributed by atoms with Gasteiger partial charge in [-0.2, -0.15) is 5.10 Å². The summed E-state index contributed by atoms with van der Waals surface area (Å²) in [7, 11) is 0. The van der Waals surface area contributed by atoms with E-state index in [0.717, 1.165) is 16.8 Å². The lowest BCUT2D eigenvalue weighted by Gasteiger charge is -2.35. The van der Waals surface area contributed by atoms with Gasteiger partial charge < -0.3 is 14.6 Å². The third kappa shape index (κ3) is 2.46. The molecule has 24 heavy (non-hydrogen) atoms. The second-order valence-corrected chi connectivity index (χ2v) is 5.97. The van der Waals surface area contributed by atoms with E-state index in [-0.39, 0.29) is 17.8 Å². The maximum absolute atomic E-state index is 13.4. The number of hydrogen-bond donors (Lipinski definition) is 2. The van der Waals surface area contributed by atoms with Crippen molar-refractivity contribution in [1.82, 2.24) is 20.1 Å². The van der Waals surface area contributed by atoms with Crippen molar-refractivity contribution in [3.63, 3.8) is 0 Å². The molecule has 7 heteroatoms. The Balaban J connectivity index is 1.69. The summed E-state index contributed by atoms with van der Waals surface area (Å²) >= 11 is 0. The van der Waals surface area contributed by atoms with E-state index in [2.05, 4.69) is 15.2 Å². The first kappa shape index (κ1) is 14.9. The molecule has 1 amide bonds. The zero-order chi connectivity index (χ0) is 16.7. The van der Waals surface area contributed by atoms with Crippen molar-refractivity contribution in [2.45, 2.75) is 13.0 Å². The lowest BCUT2D eigenvalue weighted by molar-refractivity contribution is -0.00433. The van der Waals surface area contributed by atoms with E-state index in [0.29, 0.717) is 30.8 Å². The fourth-order valence-electron chi connectivity index (χ4n) is 3.15. The number of H-pyrrole nitrogens is 2. The number of morpholine rings is 1. The van der Waals surface area contributed by atoms with Crippen LogP contribution in [0.25, 0.3) is 10.9 Å². The van der Waals surface area contributed by atoms with Crippen molar-refractivity contribution in [2.24, 2.45) is 0 Å². The van der Waals surface area contributed by atoms with Gasteiger partial charge in [0.05, 0.1) is 31.1 Å². The molecular weight excluding hydrogens is 311 g/mol. The highest BCUT2D eigenvalue weighted by Crippen LogP contribution is 2.27. The van der Waals surface area contributed by atoms with E-state index in [4.69, 9.17) is 4.74 Å². The predicted molar refractivity (Wildman–Crippen MR) is 86.2 cm³/mol. The quantitative estimate of drug-likeness (QED) is 0.759. The first-order chi connectivity index (χ1) is 11.6. The number of aromatic amines is 2. The third-order valence-electron chi connectivity index (χ3n) is 4.40. The highest BCUT2D eigenvalue weighted by molar-refractivity contribution is 5.98. The molecule has 1 fully saturated rings. The molecule has 2 N–H and O–H groups in total. The fourth-order valence-corrected chi connectivity index (χ4v) is 3.15. The summed E-state index contributed by atoms with van der Waals surface area (Å²) in [6.07, 6.45) is 1.73. The van der Waals surface area contributed by atoms with Gasteiger partial charge >= 0.3 is 0 Å². The summed E-state index contributed by atoms with van der Waals surface area (Å²) in [5.41, 5.74) is 3.05. The number of fused-ring (bicyclic) bond motifs is 1. The molecule has 6 nitrogen and oxygen atoms in total. The van der Waals surface area contributed by atoms with Crippen molar-refractivity contribution in [3.8, 4) is 0 Å². The Morgan fingerprint density at radius 2 is 2.29 bits per heavy atom. The van der Waals surface area contributed by atoms with Crippen LogP contribution in [0.4, 0.5) is 4.39 Å². The van der Waals surface area contributed by atoms with Gasteiger partial charge in [0.15, 0.2) is 0 Å². The third-order valence-corrected chi connectivity index (χ3v) is 4.40. The van der Waals surface area contributed by atoms with Crippen molar-refractivity contribution in [3.05, 3.63) is 53.2 Å². The number of aromatic nitrogens is 3. The van der Waals surface area contributed by atoms with Crippen LogP contribution in [-0.2, 0) is 4.74 Å². The molecule has 1 aliphatic heterocycles. The Kier molecular flexibility index (Phi) is 3.57. The minimum atomic E-state index is -0.321. The van der Waals surface area contributed by atoms with Gasteiger partial charge in [-0.15, -0.1) is 0 Å². The second-order valence-electron chi connectivity index (χ2n) is 5.97. The standard InChI is InChI=1S/C17H17FN4O2/c1-10-8-19-21-16(10)15-9-24-5-4-22(15)17(23)14-7-11-6-12(18)2-3-13(11)20-14/h2-3,6-8,15,20H,4-5,9H2,1H3,(H,19,21)/t15-/m0/s1. The maximum atomic E-state index is 13.4. The van der Waals surface area contributed by atoms with Gasteiger partial charge in [0.2, 0.25) is 0 Å². The first-order valence-corrected chi connectivity index (χ1v) is 7.80. The Hall–Kier alpha value is -2.67. The van der Waals surface area contributed by atoms with Gasteiger partial charge in [-0.3, -0.25) is 9.89 Å². The van der Waals surface area contributed by atoms with E-state index in [1.165, 1.54) is 12.1 Å². The van der Waals surface area contributed by atoms with Crippen molar-refractivity contribution < 1.29 is 13.9 Å². The number of carbonyl (C=O) groups is 1. The second kappa shape index (κ2) is 5.76.